The molecule has 1 fully saturated rings. The molecule has 0 spiro atoms. The van der Waals surface area contributed by atoms with Crippen LogP contribution in [0.3, 0.4) is 0 Å². The van der Waals surface area contributed by atoms with Crippen molar-refractivity contribution in [2.45, 2.75) is 18.7 Å². The van der Waals surface area contributed by atoms with Crippen LogP contribution >= 0.6 is 23.2 Å². The summed E-state index contributed by atoms with van der Waals surface area (Å²) < 4.78 is 27.2. The van der Waals surface area contributed by atoms with Gasteiger partial charge in [-0.25, -0.2) is 12.7 Å². The second kappa shape index (κ2) is 8.67. The van der Waals surface area contributed by atoms with Crippen molar-refractivity contribution in [3.8, 4) is 0 Å². The molecule has 0 N–H and O–H groups in total. The SMILES string of the molecule is O=S(=O)(Cc1ccc(Cl)c(Cl)c1)N1CCCN(Cc2ccccn2)CC1. The first-order valence-electron chi connectivity index (χ1n) is 8.48. The van der Waals surface area contributed by atoms with Crippen LogP contribution in [0.15, 0.2) is 42.6 Å². The largest absolute Gasteiger partial charge is 0.296 e. The number of benzene rings is 1. The highest BCUT2D eigenvalue weighted by Gasteiger charge is 2.25. The molecule has 1 saturated heterocycles. The number of aromatic nitrogens is 1. The zero-order valence-electron chi connectivity index (χ0n) is 14.3. The minimum Gasteiger partial charge on any atom is -0.296 e. The van der Waals surface area contributed by atoms with Gasteiger partial charge in [0.05, 0.1) is 21.5 Å². The minimum absolute atomic E-state index is 0.0653. The molecule has 8 heteroatoms. The molecule has 5 nitrogen and oxygen atoms in total. The van der Waals surface area contributed by atoms with Gasteiger partial charge in [-0.2, -0.15) is 0 Å². The number of sulfonamides is 1. The third-order valence-corrected chi connectivity index (χ3v) is 6.97. The topological polar surface area (TPSA) is 53.5 Å². The fourth-order valence-electron chi connectivity index (χ4n) is 3.04. The van der Waals surface area contributed by atoms with Crippen molar-refractivity contribution in [2.75, 3.05) is 26.2 Å². The van der Waals surface area contributed by atoms with Crippen LogP contribution in [0.1, 0.15) is 17.7 Å². The van der Waals surface area contributed by atoms with Crippen LogP contribution in [0.2, 0.25) is 10.0 Å². The molecular formula is C18H21Cl2N3O2S. The third-order valence-electron chi connectivity index (χ3n) is 4.39. The van der Waals surface area contributed by atoms with Gasteiger partial charge in [0.25, 0.3) is 0 Å². The number of halogens is 2. The smallest absolute Gasteiger partial charge is 0.218 e. The second-order valence-electron chi connectivity index (χ2n) is 6.35. The Hall–Kier alpha value is -1.18. The summed E-state index contributed by atoms with van der Waals surface area (Å²) in [6.07, 6.45) is 2.58. The summed E-state index contributed by atoms with van der Waals surface area (Å²) in [6.45, 7) is 3.30. The number of hydrogen-bond acceptors (Lipinski definition) is 4. The molecule has 3 rings (SSSR count). The Balaban J connectivity index is 1.62. The van der Waals surface area contributed by atoms with E-state index in [1.54, 1.807) is 28.7 Å². The summed E-state index contributed by atoms with van der Waals surface area (Å²) >= 11 is 11.9. The molecule has 0 unspecified atom stereocenters. The molecule has 140 valence electrons. The van der Waals surface area contributed by atoms with E-state index in [0.717, 1.165) is 25.2 Å². The number of hydrogen-bond donors (Lipinski definition) is 0. The van der Waals surface area contributed by atoms with Gasteiger partial charge in [0.2, 0.25) is 10.0 Å². The average molecular weight is 414 g/mol. The van der Waals surface area contributed by atoms with E-state index in [1.807, 2.05) is 18.2 Å². The molecule has 0 amide bonds. The summed E-state index contributed by atoms with van der Waals surface area (Å²) in [5.74, 6) is -0.0653. The number of nitrogens with zero attached hydrogens (tertiary/aromatic N) is 3. The molecule has 0 aliphatic carbocycles. The van der Waals surface area contributed by atoms with Crippen molar-refractivity contribution in [1.82, 2.24) is 14.2 Å². The molecule has 1 aliphatic heterocycles. The molecule has 1 aromatic heterocycles. The predicted molar refractivity (Wildman–Crippen MR) is 105 cm³/mol. The summed E-state index contributed by atoms with van der Waals surface area (Å²) in [5, 5.41) is 0.796. The normalized spacial score (nSPS) is 17.2. The molecule has 0 bridgehead atoms. The third kappa shape index (κ3) is 5.18. The quantitative estimate of drug-likeness (QED) is 0.753. The fraction of sp³-hybridized carbons (Fsp3) is 0.389. The van der Waals surface area contributed by atoms with E-state index in [0.29, 0.717) is 35.2 Å². The molecule has 0 atom stereocenters. The summed E-state index contributed by atoms with van der Waals surface area (Å²) in [5.41, 5.74) is 1.65. The van der Waals surface area contributed by atoms with Crippen LogP contribution in [0, 0.1) is 0 Å². The van der Waals surface area contributed by atoms with Gasteiger partial charge in [0.1, 0.15) is 0 Å². The van der Waals surface area contributed by atoms with E-state index in [1.165, 1.54) is 0 Å². The van der Waals surface area contributed by atoms with Gasteiger partial charge in [-0.1, -0.05) is 35.3 Å². The molecular weight excluding hydrogens is 393 g/mol. The Morgan fingerprint density at radius 2 is 1.85 bits per heavy atom. The second-order valence-corrected chi connectivity index (χ2v) is 9.14. The van der Waals surface area contributed by atoms with Crippen molar-refractivity contribution in [1.29, 1.82) is 0 Å². The Labute approximate surface area is 164 Å². The highest BCUT2D eigenvalue weighted by molar-refractivity contribution is 7.88. The van der Waals surface area contributed by atoms with Crippen molar-refractivity contribution < 1.29 is 8.42 Å². The van der Waals surface area contributed by atoms with Crippen LogP contribution in [0.4, 0.5) is 0 Å². The van der Waals surface area contributed by atoms with Gasteiger partial charge in [-0.05, 0) is 42.8 Å². The van der Waals surface area contributed by atoms with Crippen LogP contribution < -0.4 is 0 Å². The van der Waals surface area contributed by atoms with Gasteiger partial charge in [-0.15, -0.1) is 0 Å². The average Bonchev–Trinajstić information content (AvgIpc) is 2.85. The number of pyridine rings is 1. The molecule has 0 radical (unpaired) electrons. The van der Waals surface area contributed by atoms with E-state index >= 15 is 0 Å². The maximum Gasteiger partial charge on any atom is 0.218 e. The first kappa shape index (κ1) is 19.6. The lowest BCUT2D eigenvalue weighted by atomic mass is 10.2. The Kier molecular flexibility index (Phi) is 6.53. The van der Waals surface area contributed by atoms with Crippen molar-refractivity contribution in [3.63, 3.8) is 0 Å². The van der Waals surface area contributed by atoms with Gasteiger partial charge in [0, 0.05) is 32.4 Å². The maximum atomic E-state index is 12.8. The van der Waals surface area contributed by atoms with Crippen molar-refractivity contribution in [2.24, 2.45) is 0 Å². The number of rotatable bonds is 5. The van der Waals surface area contributed by atoms with Crippen LogP contribution in [-0.4, -0.2) is 48.8 Å². The molecule has 1 aliphatic rings. The summed E-state index contributed by atoms with van der Waals surface area (Å²) in [4.78, 5) is 6.59. The fourth-order valence-corrected chi connectivity index (χ4v) is 4.91. The molecule has 1 aromatic carbocycles. The lowest BCUT2D eigenvalue weighted by molar-refractivity contribution is 0.275. The highest BCUT2D eigenvalue weighted by atomic mass is 35.5. The van der Waals surface area contributed by atoms with E-state index in [-0.39, 0.29) is 5.75 Å². The first-order chi connectivity index (χ1) is 12.4. The zero-order valence-corrected chi connectivity index (χ0v) is 16.6. The lowest BCUT2D eigenvalue weighted by Crippen LogP contribution is -2.35. The van der Waals surface area contributed by atoms with E-state index < -0.39 is 10.0 Å². The van der Waals surface area contributed by atoms with Gasteiger partial charge in [-0.3, -0.25) is 9.88 Å². The van der Waals surface area contributed by atoms with E-state index in [2.05, 4.69) is 9.88 Å². The Bertz CT molecular complexity index is 847. The predicted octanol–water partition coefficient (Wildman–Crippen LogP) is 3.43. The van der Waals surface area contributed by atoms with Gasteiger partial charge >= 0.3 is 0 Å². The summed E-state index contributed by atoms with van der Waals surface area (Å²) in [7, 11) is -3.40. The van der Waals surface area contributed by atoms with E-state index in [9.17, 15) is 8.42 Å². The van der Waals surface area contributed by atoms with Gasteiger partial charge in [0.15, 0.2) is 0 Å². The van der Waals surface area contributed by atoms with Crippen LogP contribution in [0.5, 0.6) is 0 Å². The Morgan fingerprint density at radius 3 is 2.58 bits per heavy atom. The van der Waals surface area contributed by atoms with Crippen molar-refractivity contribution in [3.05, 3.63) is 63.9 Å². The molecule has 2 heterocycles. The van der Waals surface area contributed by atoms with Crippen LogP contribution in [-0.2, 0) is 22.3 Å². The first-order valence-corrected chi connectivity index (χ1v) is 10.8. The summed E-state index contributed by atoms with van der Waals surface area (Å²) in [6, 6.07) is 10.8. The standard InChI is InChI=1S/C18H21Cl2N3O2S/c19-17-6-5-15(12-18(17)20)14-26(24,25)23-9-3-8-22(10-11-23)13-16-4-1-2-7-21-16/h1-2,4-7,12H,3,8-11,13-14H2. The Morgan fingerprint density at radius 1 is 1.00 bits per heavy atom. The molecule has 26 heavy (non-hydrogen) atoms. The maximum absolute atomic E-state index is 12.8. The van der Waals surface area contributed by atoms with E-state index in [4.69, 9.17) is 23.2 Å². The van der Waals surface area contributed by atoms with Gasteiger partial charge < -0.3 is 0 Å². The van der Waals surface area contributed by atoms with Crippen LogP contribution in [0.25, 0.3) is 0 Å². The molecule has 0 saturated carbocycles. The minimum atomic E-state index is -3.40. The highest BCUT2D eigenvalue weighted by Crippen LogP contribution is 2.24. The monoisotopic (exact) mass is 413 g/mol. The zero-order chi connectivity index (χ0) is 18.6. The lowest BCUT2D eigenvalue weighted by Gasteiger charge is -2.21. The van der Waals surface area contributed by atoms with Crippen molar-refractivity contribution >= 4 is 33.2 Å². The molecule has 2 aromatic rings.